The number of rotatable bonds is 3. The zero-order valence-corrected chi connectivity index (χ0v) is 12.4. The summed E-state index contributed by atoms with van der Waals surface area (Å²) in [7, 11) is 0. The van der Waals surface area contributed by atoms with Crippen molar-refractivity contribution in [3.63, 3.8) is 0 Å². The van der Waals surface area contributed by atoms with E-state index in [0.29, 0.717) is 6.42 Å². The highest BCUT2D eigenvalue weighted by molar-refractivity contribution is 9.10. The van der Waals surface area contributed by atoms with Gasteiger partial charge in [0.05, 0.1) is 6.10 Å². The third-order valence-electron chi connectivity index (χ3n) is 3.05. The van der Waals surface area contributed by atoms with E-state index in [9.17, 15) is 9.50 Å². The summed E-state index contributed by atoms with van der Waals surface area (Å²) in [5.41, 5.74) is 3.25. The van der Waals surface area contributed by atoms with Crippen molar-refractivity contribution in [2.24, 2.45) is 0 Å². The number of aromatic nitrogens is 1. The van der Waals surface area contributed by atoms with Gasteiger partial charge < -0.3 is 5.11 Å². The fourth-order valence-electron chi connectivity index (χ4n) is 2.07. The van der Waals surface area contributed by atoms with Gasteiger partial charge in [0.25, 0.3) is 0 Å². The summed E-state index contributed by atoms with van der Waals surface area (Å²) < 4.78 is 14.0. The molecule has 0 fully saturated rings. The largest absolute Gasteiger partial charge is 0.388 e. The molecule has 0 aliphatic rings. The second-order valence-electron chi connectivity index (χ2n) is 4.58. The number of aryl methyl sites for hydroxylation is 2. The Morgan fingerprint density at radius 2 is 2.00 bits per heavy atom. The zero-order valence-electron chi connectivity index (χ0n) is 10.8. The van der Waals surface area contributed by atoms with Crippen LogP contribution in [0.5, 0.6) is 0 Å². The van der Waals surface area contributed by atoms with Crippen molar-refractivity contribution in [1.82, 2.24) is 4.98 Å². The van der Waals surface area contributed by atoms with Crippen molar-refractivity contribution < 1.29 is 9.50 Å². The smallest absolute Gasteiger partial charge is 0.123 e. The second-order valence-corrected chi connectivity index (χ2v) is 5.44. The van der Waals surface area contributed by atoms with Crippen LogP contribution in [0.4, 0.5) is 4.39 Å². The Kier molecular flexibility index (Phi) is 4.32. The molecule has 2 aromatic rings. The van der Waals surface area contributed by atoms with Crippen LogP contribution in [0.2, 0.25) is 0 Å². The molecule has 0 bridgehead atoms. The van der Waals surface area contributed by atoms with Crippen LogP contribution in [0.25, 0.3) is 0 Å². The molecule has 1 heterocycles. The summed E-state index contributed by atoms with van der Waals surface area (Å²) in [5.74, 6) is -0.302. The minimum absolute atomic E-state index is 0.302. The quantitative estimate of drug-likeness (QED) is 0.929. The number of benzene rings is 1. The lowest BCUT2D eigenvalue weighted by molar-refractivity contribution is 0.177. The van der Waals surface area contributed by atoms with Crippen LogP contribution in [-0.4, -0.2) is 10.1 Å². The van der Waals surface area contributed by atoms with Gasteiger partial charge in [-0.25, -0.2) is 4.39 Å². The summed E-state index contributed by atoms with van der Waals surface area (Å²) in [6.07, 6.45) is -0.338. The molecule has 1 atom stereocenters. The summed E-state index contributed by atoms with van der Waals surface area (Å²) in [6.45, 7) is 3.78. The lowest BCUT2D eigenvalue weighted by Gasteiger charge is -2.14. The van der Waals surface area contributed by atoms with E-state index in [0.717, 1.165) is 27.0 Å². The fourth-order valence-corrected chi connectivity index (χ4v) is 2.48. The standard InChI is InChI=1S/C15H15BrFNO/c1-9-3-5-13(10(2)18-9)15(19)8-11-7-12(17)4-6-14(11)16/h3-7,15,19H,8H2,1-2H3. The highest BCUT2D eigenvalue weighted by Crippen LogP contribution is 2.25. The van der Waals surface area contributed by atoms with Crippen LogP contribution in [0.3, 0.4) is 0 Å². The highest BCUT2D eigenvalue weighted by atomic mass is 79.9. The molecule has 0 aliphatic carbocycles. The van der Waals surface area contributed by atoms with Crippen molar-refractivity contribution in [3.8, 4) is 0 Å². The molecule has 1 N–H and O–H groups in total. The van der Waals surface area contributed by atoms with E-state index in [1.165, 1.54) is 12.1 Å². The van der Waals surface area contributed by atoms with Gasteiger partial charge >= 0.3 is 0 Å². The molecule has 1 unspecified atom stereocenters. The first kappa shape index (κ1) is 14.2. The predicted octanol–water partition coefficient (Wildman–Crippen LogP) is 3.88. The molecule has 0 radical (unpaired) electrons. The Balaban J connectivity index is 2.25. The van der Waals surface area contributed by atoms with Crippen molar-refractivity contribution in [1.29, 1.82) is 0 Å². The summed E-state index contributed by atoms with van der Waals surface area (Å²) in [6, 6.07) is 8.21. The number of nitrogens with zero attached hydrogens (tertiary/aromatic N) is 1. The first-order valence-electron chi connectivity index (χ1n) is 6.03. The molecule has 0 amide bonds. The Morgan fingerprint density at radius 1 is 1.26 bits per heavy atom. The Morgan fingerprint density at radius 3 is 2.68 bits per heavy atom. The van der Waals surface area contributed by atoms with Crippen LogP contribution in [0, 0.1) is 19.7 Å². The van der Waals surface area contributed by atoms with Gasteiger partial charge in [-0.15, -0.1) is 0 Å². The van der Waals surface area contributed by atoms with E-state index >= 15 is 0 Å². The van der Waals surface area contributed by atoms with Gasteiger partial charge in [0.2, 0.25) is 0 Å². The number of hydrogen-bond acceptors (Lipinski definition) is 2. The van der Waals surface area contributed by atoms with Crippen LogP contribution in [0.1, 0.15) is 28.6 Å². The molecule has 1 aromatic heterocycles. The van der Waals surface area contributed by atoms with Gasteiger partial charge in [-0.1, -0.05) is 22.0 Å². The normalized spacial score (nSPS) is 12.5. The van der Waals surface area contributed by atoms with Crippen molar-refractivity contribution >= 4 is 15.9 Å². The van der Waals surface area contributed by atoms with Crippen LogP contribution >= 0.6 is 15.9 Å². The van der Waals surface area contributed by atoms with Crippen LogP contribution < -0.4 is 0 Å². The zero-order chi connectivity index (χ0) is 14.0. The highest BCUT2D eigenvalue weighted by Gasteiger charge is 2.14. The molecule has 4 heteroatoms. The average molecular weight is 324 g/mol. The lowest BCUT2D eigenvalue weighted by atomic mass is 10.00. The van der Waals surface area contributed by atoms with E-state index in [1.54, 1.807) is 6.07 Å². The predicted molar refractivity (Wildman–Crippen MR) is 76.5 cm³/mol. The first-order chi connectivity index (χ1) is 8.97. The van der Waals surface area contributed by atoms with Gasteiger partial charge in [0.15, 0.2) is 0 Å². The van der Waals surface area contributed by atoms with Gasteiger partial charge in [-0.2, -0.15) is 0 Å². The third kappa shape index (κ3) is 3.39. The van der Waals surface area contributed by atoms with Crippen molar-refractivity contribution in [2.75, 3.05) is 0 Å². The minimum atomic E-state index is -0.689. The van der Waals surface area contributed by atoms with Gasteiger partial charge in [-0.05, 0) is 43.7 Å². The maximum atomic E-state index is 13.2. The minimum Gasteiger partial charge on any atom is -0.388 e. The van der Waals surface area contributed by atoms with Gasteiger partial charge in [0.1, 0.15) is 5.82 Å². The Hall–Kier alpha value is -1.26. The molecule has 0 spiro atoms. The molecule has 2 rings (SSSR count). The lowest BCUT2D eigenvalue weighted by Crippen LogP contribution is -2.06. The van der Waals surface area contributed by atoms with E-state index in [1.807, 2.05) is 26.0 Å². The van der Waals surface area contributed by atoms with Gasteiger partial charge in [-0.3, -0.25) is 4.98 Å². The molecule has 0 saturated carbocycles. The van der Waals surface area contributed by atoms with E-state index in [2.05, 4.69) is 20.9 Å². The Labute approximate surface area is 120 Å². The second kappa shape index (κ2) is 5.80. The topological polar surface area (TPSA) is 33.1 Å². The number of hydrogen-bond donors (Lipinski definition) is 1. The SMILES string of the molecule is Cc1ccc(C(O)Cc2cc(F)ccc2Br)c(C)n1. The van der Waals surface area contributed by atoms with Crippen LogP contribution in [-0.2, 0) is 6.42 Å². The first-order valence-corrected chi connectivity index (χ1v) is 6.83. The van der Waals surface area contributed by atoms with Crippen LogP contribution in [0.15, 0.2) is 34.8 Å². The Bertz CT molecular complexity index is 601. The number of halogens is 2. The average Bonchev–Trinajstić information content (AvgIpc) is 2.33. The molecule has 1 aromatic carbocycles. The van der Waals surface area contributed by atoms with E-state index < -0.39 is 6.10 Å². The number of aliphatic hydroxyl groups is 1. The molecule has 2 nitrogen and oxygen atoms in total. The molecular weight excluding hydrogens is 309 g/mol. The number of aliphatic hydroxyl groups excluding tert-OH is 1. The number of pyridine rings is 1. The molecule has 0 saturated heterocycles. The molecule has 19 heavy (non-hydrogen) atoms. The monoisotopic (exact) mass is 323 g/mol. The summed E-state index contributed by atoms with van der Waals surface area (Å²) in [5, 5.41) is 10.3. The maximum absolute atomic E-state index is 13.2. The maximum Gasteiger partial charge on any atom is 0.123 e. The fraction of sp³-hybridized carbons (Fsp3) is 0.267. The molecule has 0 aliphatic heterocycles. The van der Waals surface area contributed by atoms with Crippen molar-refractivity contribution in [3.05, 3.63) is 63.1 Å². The summed E-state index contributed by atoms with van der Waals surface area (Å²) >= 11 is 3.37. The van der Waals surface area contributed by atoms with Crippen molar-refractivity contribution in [2.45, 2.75) is 26.4 Å². The van der Waals surface area contributed by atoms with E-state index in [4.69, 9.17) is 0 Å². The van der Waals surface area contributed by atoms with E-state index in [-0.39, 0.29) is 5.82 Å². The van der Waals surface area contributed by atoms with Gasteiger partial charge in [0, 0.05) is 27.8 Å². The third-order valence-corrected chi connectivity index (χ3v) is 3.82. The molecule has 100 valence electrons. The summed E-state index contributed by atoms with van der Waals surface area (Å²) in [4.78, 5) is 4.33. The molecular formula is C15H15BrFNO.